The molecule has 0 aromatic rings. The van der Waals surface area contributed by atoms with E-state index in [9.17, 15) is 49.2 Å². The summed E-state index contributed by atoms with van der Waals surface area (Å²) in [5, 5.41) is 50.8. The summed E-state index contributed by atoms with van der Waals surface area (Å²) < 4.78 is 0. The second-order valence-electron chi connectivity index (χ2n) is 10.6. The van der Waals surface area contributed by atoms with Crippen molar-refractivity contribution in [3.63, 3.8) is 0 Å². The monoisotopic (exact) mass is 559 g/mol. The predicted molar refractivity (Wildman–Crippen MR) is 141 cm³/mol. The van der Waals surface area contributed by atoms with E-state index in [-0.39, 0.29) is 11.8 Å². The van der Waals surface area contributed by atoms with E-state index in [4.69, 9.17) is 0 Å². The molecular weight excluding hydrogens is 514 g/mol. The number of ketones is 5. The van der Waals surface area contributed by atoms with Crippen molar-refractivity contribution in [2.75, 3.05) is 21.1 Å². The zero-order valence-corrected chi connectivity index (χ0v) is 24.2. The van der Waals surface area contributed by atoms with Crippen LogP contribution in [0, 0.1) is 11.8 Å². The Morgan fingerprint density at radius 1 is 0.744 bits per heavy atom. The van der Waals surface area contributed by atoms with Crippen LogP contribution in [-0.4, -0.2) is 111 Å². The Bertz CT molecular complexity index is 950. The first-order valence-electron chi connectivity index (χ1n) is 12.9. The number of likely N-dealkylation sites (N-methyl/N-ethyl adjacent to an activating group) is 3. The smallest absolute Gasteiger partial charge is 0.344 e. The van der Waals surface area contributed by atoms with Gasteiger partial charge in [-0.2, -0.15) is 0 Å². The third kappa shape index (κ3) is 7.83. The summed E-state index contributed by atoms with van der Waals surface area (Å²) in [4.78, 5) is 78.1. The lowest BCUT2D eigenvalue weighted by Crippen LogP contribution is -2.66. The van der Waals surface area contributed by atoms with Crippen LogP contribution < -0.4 is 16.0 Å². The van der Waals surface area contributed by atoms with Gasteiger partial charge in [0.2, 0.25) is 11.4 Å². The van der Waals surface area contributed by atoms with Crippen molar-refractivity contribution >= 4 is 34.9 Å². The van der Waals surface area contributed by atoms with Crippen molar-refractivity contribution in [2.24, 2.45) is 11.8 Å². The molecular formula is C26H45N3O10. The maximum atomic E-state index is 13.6. The highest BCUT2D eigenvalue weighted by atomic mass is 16.4. The second kappa shape index (κ2) is 14.3. The first-order valence-corrected chi connectivity index (χ1v) is 12.9. The Balaban J connectivity index is 6.78. The third-order valence-corrected chi connectivity index (χ3v) is 7.34. The Morgan fingerprint density at radius 2 is 1.23 bits per heavy atom. The summed E-state index contributed by atoms with van der Waals surface area (Å²) in [5.41, 5.74) is -9.94. The van der Waals surface area contributed by atoms with Gasteiger partial charge in [0, 0.05) is 0 Å². The molecule has 224 valence electrons. The van der Waals surface area contributed by atoms with Gasteiger partial charge in [0.15, 0.2) is 34.3 Å². The molecule has 0 fully saturated rings. The molecule has 0 heterocycles. The summed E-state index contributed by atoms with van der Waals surface area (Å²) >= 11 is 0. The number of nitrogens with one attached hydrogen (secondary N) is 3. The summed E-state index contributed by atoms with van der Waals surface area (Å²) in [6.07, 6.45) is -2.37. The minimum absolute atomic E-state index is 0.329. The van der Waals surface area contributed by atoms with Gasteiger partial charge >= 0.3 is 5.97 Å². The molecule has 0 aliphatic carbocycles. The van der Waals surface area contributed by atoms with Crippen LogP contribution >= 0.6 is 0 Å². The van der Waals surface area contributed by atoms with Crippen molar-refractivity contribution in [3.8, 4) is 0 Å². The molecule has 0 aliphatic heterocycles. The number of carbonyl (C=O) groups is 6. The maximum Gasteiger partial charge on any atom is 0.344 e. The highest BCUT2D eigenvalue weighted by molar-refractivity contribution is 6.25. The minimum atomic E-state index is -3.61. The molecule has 39 heavy (non-hydrogen) atoms. The molecule has 7 atom stereocenters. The third-order valence-electron chi connectivity index (χ3n) is 7.34. The van der Waals surface area contributed by atoms with Gasteiger partial charge in [-0.05, 0) is 46.8 Å². The van der Waals surface area contributed by atoms with E-state index >= 15 is 0 Å². The van der Waals surface area contributed by atoms with Crippen molar-refractivity contribution < 1.29 is 49.2 Å². The standard InChI is InChI=1S/C26H45N3O10/c1-10-14(4)19(29-9)16(30)11-26(39,23(35)36)22(34)25(38,20(32)15(5)27-7)12-17(31)24(6,37)21(33)18(28-8)13(2)3/h13-15,18-19,27-29,37-39H,10-12H2,1-9H3,(H,35,36)/t14?,15-,18-,19-,24?,25?,26?/m1/s1. The second-order valence-corrected chi connectivity index (χ2v) is 10.6. The average Bonchev–Trinajstić information content (AvgIpc) is 2.86. The normalized spacial score (nSPS) is 19.5. The highest BCUT2D eigenvalue weighted by Gasteiger charge is 2.61. The van der Waals surface area contributed by atoms with Crippen LogP contribution in [0.15, 0.2) is 0 Å². The van der Waals surface area contributed by atoms with Crippen LogP contribution in [0.2, 0.25) is 0 Å². The van der Waals surface area contributed by atoms with Gasteiger partial charge in [-0.25, -0.2) is 4.79 Å². The summed E-state index contributed by atoms with van der Waals surface area (Å²) in [6, 6.07) is -3.33. The van der Waals surface area contributed by atoms with Gasteiger partial charge in [-0.15, -0.1) is 0 Å². The van der Waals surface area contributed by atoms with Crippen molar-refractivity contribution in [1.29, 1.82) is 0 Å². The SMILES string of the molecule is CCC(C)[C@@H](NC)C(=O)CC(O)(C(=O)O)C(=O)C(O)(CC(=O)C(C)(O)C(=O)[C@H](NC)C(C)C)C(=O)[C@@H](C)NC. The van der Waals surface area contributed by atoms with E-state index in [1.54, 1.807) is 27.7 Å². The summed E-state index contributed by atoms with van der Waals surface area (Å²) in [7, 11) is 4.13. The Kier molecular flexibility index (Phi) is 13.4. The summed E-state index contributed by atoms with van der Waals surface area (Å²) in [6.45, 7) is 8.76. The maximum absolute atomic E-state index is 13.6. The molecule has 7 N–H and O–H groups in total. The zero-order chi connectivity index (χ0) is 31.1. The molecule has 0 spiro atoms. The highest BCUT2D eigenvalue weighted by Crippen LogP contribution is 2.30. The molecule has 4 unspecified atom stereocenters. The first kappa shape index (κ1) is 36.6. The summed E-state index contributed by atoms with van der Waals surface area (Å²) in [5.74, 6) is -9.74. The molecule has 0 saturated heterocycles. The van der Waals surface area contributed by atoms with Crippen LogP contribution in [0.25, 0.3) is 0 Å². The Hall–Kier alpha value is -2.42. The zero-order valence-electron chi connectivity index (χ0n) is 24.2. The fraction of sp³-hybridized carbons (Fsp3) is 0.769. The molecule has 0 saturated carbocycles. The Morgan fingerprint density at radius 3 is 1.59 bits per heavy atom. The minimum Gasteiger partial charge on any atom is -0.479 e. The lowest BCUT2D eigenvalue weighted by molar-refractivity contribution is -0.181. The fourth-order valence-electron chi connectivity index (χ4n) is 4.34. The number of rotatable bonds is 19. The van der Waals surface area contributed by atoms with Gasteiger partial charge in [0.25, 0.3) is 0 Å². The van der Waals surface area contributed by atoms with Crippen LogP contribution in [0.1, 0.15) is 60.8 Å². The number of carbonyl (C=O) groups excluding carboxylic acids is 5. The van der Waals surface area contributed by atoms with Crippen LogP contribution in [0.3, 0.4) is 0 Å². The number of Topliss-reactive ketones (excluding diaryl/α,β-unsaturated/α-hetero) is 5. The van der Waals surface area contributed by atoms with E-state index in [1.165, 1.54) is 28.1 Å². The van der Waals surface area contributed by atoms with Gasteiger partial charge < -0.3 is 36.4 Å². The fourth-order valence-corrected chi connectivity index (χ4v) is 4.34. The number of aliphatic carboxylic acids is 1. The van der Waals surface area contributed by atoms with Crippen molar-refractivity contribution in [1.82, 2.24) is 16.0 Å². The van der Waals surface area contributed by atoms with Crippen molar-refractivity contribution in [2.45, 2.75) is 95.7 Å². The largest absolute Gasteiger partial charge is 0.479 e. The van der Waals surface area contributed by atoms with Gasteiger partial charge in [-0.1, -0.05) is 34.1 Å². The predicted octanol–water partition coefficient (Wildman–Crippen LogP) is -1.60. The number of hydrogen-bond donors (Lipinski definition) is 7. The average molecular weight is 560 g/mol. The number of carboxylic acid groups (broad SMARTS) is 1. The lowest BCUT2D eigenvalue weighted by Gasteiger charge is -2.36. The van der Waals surface area contributed by atoms with Gasteiger partial charge in [-0.3, -0.25) is 24.0 Å². The molecule has 13 heteroatoms. The lowest BCUT2D eigenvalue weighted by atomic mass is 9.72. The van der Waals surface area contributed by atoms with E-state index in [0.717, 1.165) is 6.92 Å². The van der Waals surface area contributed by atoms with Crippen LogP contribution in [0.4, 0.5) is 0 Å². The van der Waals surface area contributed by atoms with E-state index < -0.39 is 82.7 Å². The molecule has 0 rings (SSSR count). The van der Waals surface area contributed by atoms with E-state index in [0.29, 0.717) is 6.42 Å². The van der Waals surface area contributed by atoms with Crippen LogP contribution in [0.5, 0.6) is 0 Å². The van der Waals surface area contributed by atoms with Gasteiger partial charge in [0.1, 0.15) is 0 Å². The first-order chi connectivity index (χ1) is 17.7. The molecule has 0 aliphatic rings. The molecule has 0 amide bonds. The quantitative estimate of drug-likeness (QED) is 0.0887. The van der Waals surface area contributed by atoms with Gasteiger partial charge in [0.05, 0.1) is 31.0 Å². The molecule has 13 nitrogen and oxygen atoms in total. The number of hydrogen-bond acceptors (Lipinski definition) is 12. The topological polar surface area (TPSA) is 219 Å². The number of aliphatic hydroxyl groups is 3. The molecule has 0 radical (unpaired) electrons. The molecule has 0 aromatic heterocycles. The number of carboxylic acids is 1. The van der Waals surface area contributed by atoms with E-state index in [1.807, 2.05) is 0 Å². The molecule has 0 aromatic carbocycles. The van der Waals surface area contributed by atoms with Crippen LogP contribution in [-0.2, 0) is 28.8 Å². The molecule has 0 bridgehead atoms. The van der Waals surface area contributed by atoms with E-state index in [2.05, 4.69) is 16.0 Å². The Labute approximate surface area is 229 Å². The van der Waals surface area contributed by atoms with Crippen molar-refractivity contribution in [3.05, 3.63) is 0 Å².